The maximum Gasteiger partial charge on any atom is 0.322 e. The molecule has 0 unspecified atom stereocenters. The van der Waals surface area contributed by atoms with Crippen LogP contribution in [-0.2, 0) is 16.0 Å². The summed E-state index contributed by atoms with van der Waals surface area (Å²) in [5.41, 5.74) is 1.23. The molecule has 0 aliphatic carbocycles. The van der Waals surface area contributed by atoms with E-state index in [9.17, 15) is 9.59 Å². The first-order valence-electron chi connectivity index (χ1n) is 6.36. The van der Waals surface area contributed by atoms with Crippen molar-refractivity contribution >= 4 is 24.3 Å². The summed E-state index contributed by atoms with van der Waals surface area (Å²) in [4.78, 5) is 23.8. The maximum atomic E-state index is 11.5. The number of nitrogens with zero attached hydrogens (tertiary/aromatic N) is 1. The highest BCUT2D eigenvalue weighted by Crippen LogP contribution is 2.01. The van der Waals surface area contributed by atoms with Gasteiger partial charge in [0.2, 0.25) is 5.91 Å². The highest BCUT2D eigenvalue weighted by molar-refractivity contribution is 5.85. The zero-order valence-corrected chi connectivity index (χ0v) is 12.4. The van der Waals surface area contributed by atoms with Gasteiger partial charge in [-0.25, -0.2) is 0 Å². The Balaban J connectivity index is 0.00000361. The number of benzene rings is 1. The minimum absolute atomic E-state index is 0. The van der Waals surface area contributed by atoms with Gasteiger partial charge in [0.05, 0.1) is 6.54 Å². The molecule has 112 valence electrons. The molecule has 20 heavy (non-hydrogen) atoms. The fourth-order valence-corrected chi connectivity index (χ4v) is 1.71. The molecule has 0 fully saturated rings. The van der Waals surface area contributed by atoms with Gasteiger partial charge in [-0.05, 0) is 18.5 Å². The molecule has 1 aromatic carbocycles. The molecule has 0 spiro atoms. The van der Waals surface area contributed by atoms with E-state index in [0.717, 1.165) is 19.5 Å². The van der Waals surface area contributed by atoms with E-state index in [2.05, 4.69) is 17.4 Å². The monoisotopic (exact) mass is 300 g/mol. The highest BCUT2D eigenvalue weighted by Gasteiger charge is 2.09. The van der Waals surface area contributed by atoms with Crippen molar-refractivity contribution in [1.29, 1.82) is 0 Å². The van der Waals surface area contributed by atoms with Crippen molar-refractivity contribution in [3.05, 3.63) is 35.9 Å². The minimum atomic E-state index is -1.03. The molecule has 0 saturated carbocycles. The van der Waals surface area contributed by atoms with Crippen molar-refractivity contribution < 1.29 is 14.7 Å². The van der Waals surface area contributed by atoms with Gasteiger partial charge in [-0.1, -0.05) is 37.3 Å². The summed E-state index contributed by atoms with van der Waals surface area (Å²) in [6, 6.07) is 10.1. The Bertz CT molecular complexity index is 412. The van der Waals surface area contributed by atoms with Crippen LogP contribution in [0.1, 0.15) is 12.5 Å². The number of amides is 1. The van der Waals surface area contributed by atoms with Crippen LogP contribution in [0, 0.1) is 0 Å². The van der Waals surface area contributed by atoms with E-state index in [1.165, 1.54) is 5.56 Å². The van der Waals surface area contributed by atoms with Crippen molar-refractivity contribution in [2.45, 2.75) is 13.3 Å². The van der Waals surface area contributed by atoms with Crippen LogP contribution in [0.2, 0.25) is 0 Å². The van der Waals surface area contributed by atoms with Crippen LogP contribution in [0.5, 0.6) is 0 Å². The lowest BCUT2D eigenvalue weighted by Gasteiger charge is -2.19. The van der Waals surface area contributed by atoms with Crippen LogP contribution in [0.25, 0.3) is 0 Å². The van der Waals surface area contributed by atoms with E-state index in [1.54, 1.807) is 0 Å². The molecule has 0 aliphatic heterocycles. The lowest BCUT2D eigenvalue weighted by Crippen LogP contribution is -2.40. The zero-order valence-electron chi connectivity index (χ0n) is 11.5. The molecule has 6 heteroatoms. The number of nitrogens with one attached hydrogen (secondary N) is 1. The van der Waals surface area contributed by atoms with Gasteiger partial charge in [0.15, 0.2) is 0 Å². The van der Waals surface area contributed by atoms with Gasteiger partial charge in [-0.3, -0.25) is 14.5 Å². The molecule has 5 nitrogen and oxygen atoms in total. The van der Waals surface area contributed by atoms with Gasteiger partial charge < -0.3 is 10.4 Å². The van der Waals surface area contributed by atoms with E-state index >= 15 is 0 Å². The lowest BCUT2D eigenvalue weighted by atomic mass is 10.1. The summed E-state index contributed by atoms with van der Waals surface area (Å²) in [5.74, 6) is -1.28. The van der Waals surface area contributed by atoms with Gasteiger partial charge in [0.25, 0.3) is 0 Å². The van der Waals surface area contributed by atoms with Crippen LogP contribution >= 0.6 is 12.4 Å². The summed E-state index contributed by atoms with van der Waals surface area (Å²) in [5, 5.41) is 10.8. The van der Waals surface area contributed by atoms with Crippen LogP contribution in [0.15, 0.2) is 30.3 Å². The summed E-state index contributed by atoms with van der Waals surface area (Å²) in [6.07, 6.45) is 0.876. The normalized spacial score (nSPS) is 9.90. The third-order valence-electron chi connectivity index (χ3n) is 2.81. The molecule has 0 heterocycles. The first kappa shape index (κ1) is 18.4. The molecule has 0 saturated heterocycles. The quantitative estimate of drug-likeness (QED) is 0.756. The number of aliphatic carboxylic acids is 1. The topological polar surface area (TPSA) is 69.6 Å². The van der Waals surface area contributed by atoms with Crippen molar-refractivity contribution in [2.24, 2.45) is 0 Å². The predicted molar refractivity (Wildman–Crippen MR) is 80.2 cm³/mol. The van der Waals surface area contributed by atoms with Crippen molar-refractivity contribution in [3.8, 4) is 0 Å². The fraction of sp³-hybridized carbons (Fsp3) is 0.429. The number of carbonyl (C=O) groups is 2. The fourth-order valence-electron chi connectivity index (χ4n) is 1.71. The number of carbonyl (C=O) groups excluding carboxylic acids is 1. The van der Waals surface area contributed by atoms with Crippen LogP contribution in [-0.4, -0.2) is 48.1 Å². The third-order valence-corrected chi connectivity index (χ3v) is 2.81. The van der Waals surface area contributed by atoms with E-state index < -0.39 is 5.97 Å². The Kier molecular flexibility index (Phi) is 9.41. The standard InChI is InChI=1S/C14H20N2O3.ClH/c1-2-16(11-13(17)15-10-14(18)19)9-8-12-6-4-3-5-7-12;/h3-7H,2,8-11H2,1H3,(H,15,17)(H,18,19);1H. The molecular formula is C14H21ClN2O3. The van der Waals surface area contributed by atoms with Crippen LogP contribution in [0.3, 0.4) is 0 Å². The number of halogens is 1. The SMILES string of the molecule is CCN(CCc1ccccc1)CC(=O)NCC(=O)O.Cl. The molecule has 1 rings (SSSR count). The second-order valence-electron chi connectivity index (χ2n) is 4.27. The Hall–Kier alpha value is -1.59. The predicted octanol–water partition coefficient (Wildman–Crippen LogP) is 1.17. The summed E-state index contributed by atoms with van der Waals surface area (Å²) in [7, 11) is 0. The Labute approximate surface area is 125 Å². The van der Waals surface area contributed by atoms with Gasteiger partial charge in [-0.15, -0.1) is 12.4 Å². The molecular weight excluding hydrogens is 280 g/mol. The zero-order chi connectivity index (χ0) is 14.1. The average molecular weight is 301 g/mol. The Morgan fingerprint density at radius 2 is 1.90 bits per heavy atom. The summed E-state index contributed by atoms with van der Waals surface area (Å²) < 4.78 is 0. The van der Waals surface area contributed by atoms with Crippen molar-refractivity contribution in [3.63, 3.8) is 0 Å². The van der Waals surface area contributed by atoms with Gasteiger partial charge >= 0.3 is 5.97 Å². The van der Waals surface area contributed by atoms with Gasteiger partial charge in [0.1, 0.15) is 6.54 Å². The second-order valence-corrected chi connectivity index (χ2v) is 4.27. The van der Waals surface area contributed by atoms with E-state index in [0.29, 0.717) is 0 Å². The number of hydrogen-bond acceptors (Lipinski definition) is 3. The molecule has 0 bridgehead atoms. The van der Waals surface area contributed by atoms with E-state index in [-0.39, 0.29) is 31.4 Å². The molecule has 0 radical (unpaired) electrons. The number of rotatable bonds is 8. The lowest BCUT2D eigenvalue weighted by molar-refractivity contribution is -0.138. The Morgan fingerprint density at radius 1 is 1.25 bits per heavy atom. The molecule has 0 atom stereocenters. The largest absolute Gasteiger partial charge is 0.480 e. The number of carboxylic acid groups (broad SMARTS) is 1. The molecule has 1 amide bonds. The van der Waals surface area contributed by atoms with Crippen LogP contribution < -0.4 is 5.32 Å². The van der Waals surface area contributed by atoms with E-state index in [4.69, 9.17) is 5.11 Å². The third kappa shape index (κ3) is 7.76. The van der Waals surface area contributed by atoms with Crippen molar-refractivity contribution in [2.75, 3.05) is 26.2 Å². The first-order valence-corrected chi connectivity index (χ1v) is 6.36. The van der Waals surface area contributed by atoms with Crippen LogP contribution in [0.4, 0.5) is 0 Å². The smallest absolute Gasteiger partial charge is 0.322 e. The minimum Gasteiger partial charge on any atom is -0.480 e. The highest BCUT2D eigenvalue weighted by atomic mass is 35.5. The number of hydrogen-bond donors (Lipinski definition) is 2. The Morgan fingerprint density at radius 3 is 2.45 bits per heavy atom. The summed E-state index contributed by atoms with van der Waals surface area (Å²) in [6.45, 7) is 3.43. The molecule has 0 aliphatic rings. The number of likely N-dealkylation sites (N-methyl/N-ethyl adjacent to an activating group) is 1. The second kappa shape index (κ2) is 10.2. The molecule has 2 N–H and O–H groups in total. The molecule has 0 aromatic heterocycles. The molecule has 1 aromatic rings. The van der Waals surface area contributed by atoms with E-state index in [1.807, 2.05) is 30.0 Å². The maximum absolute atomic E-state index is 11.5. The first-order chi connectivity index (χ1) is 9.11. The number of carboxylic acids is 1. The van der Waals surface area contributed by atoms with Crippen molar-refractivity contribution in [1.82, 2.24) is 10.2 Å². The summed E-state index contributed by atoms with van der Waals surface area (Å²) >= 11 is 0. The van der Waals surface area contributed by atoms with Gasteiger partial charge in [-0.2, -0.15) is 0 Å². The average Bonchev–Trinajstić information content (AvgIpc) is 2.42. The van der Waals surface area contributed by atoms with Gasteiger partial charge in [0, 0.05) is 6.54 Å².